The lowest BCUT2D eigenvalue weighted by Gasteiger charge is -1.98. The van der Waals surface area contributed by atoms with Crippen molar-refractivity contribution in [3.05, 3.63) is 39.2 Å². The number of hydrogen-bond acceptors (Lipinski definition) is 3. The molecular formula is C8H9ClN2O3S. The third-order valence-electron chi connectivity index (χ3n) is 1.58. The number of rotatable bonds is 2. The molecule has 0 radical (unpaired) electrons. The van der Waals surface area contributed by atoms with Crippen molar-refractivity contribution in [3.63, 3.8) is 0 Å². The molecule has 1 aromatic heterocycles. The summed E-state index contributed by atoms with van der Waals surface area (Å²) in [5.74, 6) is 0. The minimum absolute atomic E-state index is 0.0660. The third-order valence-corrected chi connectivity index (χ3v) is 2.59. The Hall–Kier alpha value is -1.11. The van der Waals surface area contributed by atoms with Gasteiger partial charge in [-0.1, -0.05) is 11.6 Å². The van der Waals surface area contributed by atoms with Crippen LogP contribution in [0.5, 0.6) is 0 Å². The second-order valence-electron chi connectivity index (χ2n) is 2.94. The van der Waals surface area contributed by atoms with Gasteiger partial charge in [0.05, 0.1) is 16.0 Å². The van der Waals surface area contributed by atoms with Gasteiger partial charge < -0.3 is 4.98 Å². The molecule has 82 valence electrons. The SMILES string of the molecule is Cc1ccc(C(Cl)=CS(N)(=O)=O)c(=O)[nH]1. The van der Waals surface area contributed by atoms with Gasteiger partial charge >= 0.3 is 0 Å². The van der Waals surface area contributed by atoms with Gasteiger partial charge in [-0.2, -0.15) is 0 Å². The highest BCUT2D eigenvalue weighted by Crippen LogP contribution is 2.15. The van der Waals surface area contributed by atoms with Crippen LogP contribution < -0.4 is 10.7 Å². The first-order valence-corrected chi connectivity index (χ1v) is 5.88. The molecule has 0 spiro atoms. The predicted molar refractivity (Wildman–Crippen MR) is 58.7 cm³/mol. The van der Waals surface area contributed by atoms with Gasteiger partial charge in [-0.25, -0.2) is 13.6 Å². The fourth-order valence-electron chi connectivity index (χ4n) is 0.968. The van der Waals surface area contributed by atoms with E-state index in [0.29, 0.717) is 11.1 Å². The third kappa shape index (κ3) is 3.50. The van der Waals surface area contributed by atoms with E-state index in [2.05, 4.69) is 4.98 Å². The van der Waals surface area contributed by atoms with Crippen molar-refractivity contribution in [1.29, 1.82) is 0 Å². The van der Waals surface area contributed by atoms with Crippen LogP contribution in [0, 0.1) is 6.92 Å². The standard InChI is InChI=1S/C8H9ClN2O3S/c1-5-2-3-6(8(12)11-5)7(9)4-15(10,13)14/h2-4H,1H3,(H,11,12)(H2,10,13,14). The highest BCUT2D eigenvalue weighted by Gasteiger charge is 2.07. The van der Waals surface area contributed by atoms with Crippen molar-refractivity contribution in [3.8, 4) is 0 Å². The molecule has 0 atom stereocenters. The molecule has 0 fully saturated rings. The number of halogens is 1. The zero-order valence-electron chi connectivity index (χ0n) is 7.82. The second-order valence-corrected chi connectivity index (χ2v) is 4.76. The lowest BCUT2D eigenvalue weighted by molar-refractivity contribution is 0.606. The van der Waals surface area contributed by atoms with Gasteiger partial charge in [-0.05, 0) is 19.1 Å². The summed E-state index contributed by atoms with van der Waals surface area (Å²) in [4.78, 5) is 13.8. The summed E-state index contributed by atoms with van der Waals surface area (Å²) < 4.78 is 21.4. The predicted octanol–water partition coefficient (Wildman–Crippen LogP) is 0.509. The van der Waals surface area contributed by atoms with Crippen molar-refractivity contribution in [2.75, 3.05) is 0 Å². The summed E-state index contributed by atoms with van der Waals surface area (Å²) in [5, 5.41) is 5.18. The molecule has 15 heavy (non-hydrogen) atoms. The Morgan fingerprint density at radius 2 is 2.13 bits per heavy atom. The van der Waals surface area contributed by atoms with Crippen molar-refractivity contribution >= 4 is 26.7 Å². The summed E-state index contributed by atoms with van der Waals surface area (Å²) in [6.07, 6.45) is 0. The maximum atomic E-state index is 11.4. The molecule has 0 bridgehead atoms. The molecule has 5 nitrogen and oxygen atoms in total. The van der Waals surface area contributed by atoms with Crippen LogP contribution in [0.25, 0.3) is 5.03 Å². The monoisotopic (exact) mass is 248 g/mol. The van der Waals surface area contributed by atoms with Crippen molar-refractivity contribution in [2.24, 2.45) is 5.14 Å². The van der Waals surface area contributed by atoms with E-state index in [1.54, 1.807) is 13.0 Å². The van der Waals surface area contributed by atoms with E-state index >= 15 is 0 Å². The van der Waals surface area contributed by atoms with E-state index in [1.165, 1.54) is 6.07 Å². The van der Waals surface area contributed by atoms with E-state index < -0.39 is 15.6 Å². The van der Waals surface area contributed by atoms with Crippen LogP contribution in [-0.4, -0.2) is 13.4 Å². The van der Waals surface area contributed by atoms with Gasteiger partial charge in [0.1, 0.15) is 0 Å². The molecule has 7 heteroatoms. The Morgan fingerprint density at radius 1 is 1.53 bits per heavy atom. The molecule has 0 unspecified atom stereocenters. The van der Waals surface area contributed by atoms with Gasteiger partial charge in [-0.3, -0.25) is 4.79 Å². The van der Waals surface area contributed by atoms with E-state index in [-0.39, 0.29) is 10.6 Å². The van der Waals surface area contributed by atoms with Gasteiger partial charge in [0.25, 0.3) is 5.56 Å². The number of sulfonamides is 1. The first kappa shape index (κ1) is 12.0. The highest BCUT2D eigenvalue weighted by atomic mass is 35.5. The highest BCUT2D eigenvalue weighted by molar-refractivity contribution is 7.92. The van der Waals surface area contributed by atoms with Gasteiger partial charge in [0, 0.05) is 5.69 Å². The number of pyridine rings is 1. The molecule has 0 aromatic carbocycles. The summed E-state index contributed by atoms with van der Waals surface area (Å²) in [6.45, 7) is 1.70. The summed E-state index contributed by atoms with van der Waals surface area (Å²) in [5.41, 5.74) is 0.264. The van der Waals surface area contributed by atoms with Gasteiger partial charge in [-0.15, -0.1) is 0 Å². The fraction of sp³-hybridized carbons (Fsp3) is 0.125. The number of aromatic amines is 1. The van der Waals surface area contributed by atoms with Crippen LogP contribution in [0.2, 0.25) is 0 Å². The number of primary sulfonamides is 1. The Kier molecular flexibility index (Phi) is 3.33. The van der Waals surface area contributed by atoms with Crippen LogP contribution >= 0.6 is 11.6 Å². The average Bonchev–Trinajstić information content (AvgIpc) is 1.99. The molecule has 1 heterocycles. The number of hydrogen-bond donors (Lipinski definition) is 2. The molecule has 0 aliphatic heterocycles. The van der Waals surface area contributed by atoms with Gasteiger partial charge in [0.2, 0.25) is 10.0 Å². The minimum atomic E-state index is -3.85. The normalized spacial score (nSPS) is 12.9. The number of nitrogens with two attached hydrogens (primary N) is 1. The molecule has 0 aliphatic carbocycles. The zero-order valence-corrected chi connectivity index (χ0v) is 9.39. The lowest BCUT2D eigenvalue weighted by Crippen LogP contribution is -2.13. The summed E-state index contributed by atoms with van der Waals surface area (Å²) in [6, 6.07) is 3.04. The molecule has 1 aromatic rings. The van der Waals surface area contributed by atoms with Crippen LogP contribution in [0.15, 0.2) is 22.3 Å². The number of nitrogens with one attached hydrogen (secondary N) is 1. The first-order chi connectivity index (χ1) is 6.79. The Balaban J connectivity index is 3.30. The van der Waals surface area contributed by atoms with Crippen LogP contribution in [-0.2, 0) is 10.0 Å². The van der Waals surface area contributed by atoms with Crippen molar-refractivity contribution < 1.29 is 8.42 Å². The largest absolute Gasteiger partial charge is 0.326 e. The number of H-pyrrole nitrogens is 1. The number of aromatic nitrogens is 1. The van der Waals surface area contributed by atoms with Crippen LogP contribution in [0.4, 0.5) is 0 Å². The second kappa shape index (κ2) is 4.18. The van der Waals surface area contributed by atoms with Crippen LogP contribution in [0.1, 0.15) is 11.3 Å². The zero-order chi connectivity index (χ0) is 11.6. The molecular weight excluding hydrogens is 240 g/mol. The Labute approximate surface area is 91.6 Å². The summed E-state index contributed by atoms with van der Waals surface area (Å²) >= 11 is 5.63. The lowest BCUT2D eigenvalue weighted by atomic mass is 10.2. The van der Waals surface area contributed by atoms with E-state index in [1.807, 2.05) is 0 Å². The van der Waals surface area contributed by atoms with Crippen molar-refractivity contribution in [1.82, 2.24) is 4.98 Å². The quantitative estimate of drug-likeness (QED) is 0.799. The number of aryl methyl sites for hydroxylation is 1. The van der Waals surface area contributed by atoms with E-state index in [9.17, 15) is 13.2 Å². The Morgan fingerprint density at radius 3 is 2.60 bits per heavy atom. The summed E-state index contributed by atoms with van der Waals surface area (Å²) in [7, 11) is -3.85. The molecule has 0 saturated heterocycles. The first-order valence-electron chi connectivity index (χ1n) is 3.90. The molecule has 0 amide bonds. The molecule has 0 aliphatic rings. The molecule has 3 N–H and O–H groups in total. The van der Waals surface area contributed by atoms with E-state index in [4.69, 9.17) is 16.7 Å². The van der Waals surface area contributed by atoms with E-state index in [0.717, 1.165) is 0 Å². The molecule has 1 rings (SSSR count). The van der Waals surface area contributed by atoms with Crippen LogP contribution in [0.3, 0.4) is 0 Å². The smallest absolute Gasteiger partial charge is 0.256 e. The fourth-order valence-corrected chi connectivity index (χ4v) is 1.90. The maximum absolute atomic E-state index is 11.4. The average molecular weight is 249 g/mol. The molecule has 0 saturated carbocycles. The maximum Gasteiger partial charge on any atom is 0.256 e. The minimum Gasteiger partial charge on any atom is -0.326 e. The topological polar surface area (TPSA) is 93.0 Å². The Bertz CT molecular complexity index is 559. The van der Waals surface area contributed by atoms with Gasteiger partial charge in [0.15, 0.2) is 0 Å². The van der Waals surface area contributed by atoms with Crippen molar-refractivity contribution in [2.45, 2.75) is 6.92 Å².